The number of hydrogen-bond donors (Lipinski definition) is 4. The van der Waals surface area contributed by atoms with E-state index in [1.807, 2.05) is 0 Å². The Hall–Kier alpha value is -4.27. The number of nitrogens with zero attached hydrogens (tertiary/aromatic N) is 3. The Labute approximate surface area is 266 Å². The first kappa shape index (κ1) is 33.6. The fraction of sp³-hybridized carbons (Fsp3) is 0.258. The summed E-state index contributed by atoms with van der Waals surface area (Å²) in [6.07, 6.45) is 2.53. The molecule has 0 spiro atoms. The van der Waals surface area contributed by atoms with Crippen LogP contribution in [0.25, 0.3) is 0 Å². The molecule has 2 amide bonds. The Morgan fingerprint density at radius 3 is 2.33 bits per heavy atom. The van der Waals surface area contributed by atoms with E-state index < -0.39 is 40.7 Å². The van der Waals surface area contributed by atoms with Crippen LogP contribution in [0.15, 0.2) is 90.1 Å². The highest BCUT2D eigenvalue weighted by molar-refractivity contribution is 7.89. The van der Waals surface area contributed by atoms with Gasteiger partial charge in [0.2, 0.25) is 10.0 Å². The quantitative estimate of drug-likeness (QED) is 0.157. The summed E-state index contributed by atoms with van der Waals surface area (Å²) in [5.74, 6) is -0.708. The van der Waals surface area contributed by atoms with Crippen LogP contribution in [0.4, 0.5) is 16.2 Å². The maximum atomic E-state index is 13.8. The molecule has 0 fully saturated rings. The molecule has 4 aromatic rings. The van der Waals surface area contributed by atoms with Gasteiger partial charge >= 0.3 is 6.09 Å². The van der Waals surface area contributed by atoms with E-state index in [1.165, 1.54) is 34.8 Å². The maximum absolute atomic E-state index is 13.8. The molecule has 2 atom stereocenters. The molecule has 6 N–H and O–H groups in total. The minimum Gasteiger partial charge on any atom is -0.452 e. The molecule has 14 heteroatoms. The van der Waals surface area contributed by atoms with Crippen molar-refractivity contribution in [3.8, 4) is 0 Å². The highest BCUT2D eigenvalue weighted by atomic mass is 35.5. The van der Waals surface area contributed by atoms with Crippen molar-refractivity contribution in [2.75, 3.05) is 24.4 Å². The van der Waals surface area contributed by atoms with Crippen LogP contribution in [0.1, 0.15) is 23.1 Å². The van der Waals surface area contributed by atoms with Crippen molar-refractivity contribution in [3.63, 3.8) is 0 Å². The first-order valence-electron chi connectivity index (χ1n) is 14.0. The van der Waals surface area contributed by atoms with Crippen LogP contribution >= 0.6 is 11.6 Å². The SMILES string of the molecule is COC(=O)N(C(=O)[C@@H](N)Cc1ccccc1Cl)c1ccccc1CC[C@@H](CO)N(Cc1cn[nH]c1)S(=O)(=O)c1ccc(N)cc1. The number of nitrogens with one attached hydrogen (secondary N) is 1. The summed E-state index contributed by atoms with van der Waals surface area (Å²) in [6.45, 7) is -0.573. The monoisotopic (exact) mass is 654 g/mol. The van der Waals surface area contributed by atoms with Gasteiger partial charge in [-0.2, -0.15) is 9.40 Å². The van der Waals surface area contributed by atoms with Crippen molar-refractivity contribution < 1.29 is 27.9 Å². The number of hydrogen-bond acceptors (Lipinski definition) is 9. The van der Waals surface area contributed by atoms with E-state index >= 15 is 0 Å². The third kappa shape index (κ3) is 8.07. The number of nitrogens with two attached hydrogens (primary N) is 2. The van der Waals surface area contributed by atoms with Crippen molar-refractivity contribution in [2.24, 2.45) is 5.73 Å². The van der Waals surface area contributed by atoms with Gasteiger partial charge in [-0.3, -0.25) is 9.89 Å². The van der Waals surface area contributed by atoms with Gasteiger partial charge in [0.05, 0.1) is 36.5 Å². The number of para-hydroxylation sites is 1. The zero-order valence-electron chi connectivity index (χ0n) is 24.5. The van der Waals surface area contributed by atoms with Crippen molar-refractivity contribution in [2.45, 2.75) is 42.8 Å². The first-order chi connectivity index (χ1) is 21.6. The summed E-state index contributed by atoms with van der Waals surface area (Å²) < 4.78 is 33.8. The number of aliphatic hydroxyl groups excluding tert-OH is 1. The van der Waals surface area contributed by atoms with E-state index in [4.69, 9.17) is 27.8 Å². The molecule has 0 bridgehead atoms. The Bertz CT molecular complexity index is 1700. The molecule has 0 aliphatic heterocycles. The fourth-order valence-corrected chi connectivity index (χ4v) is 6.72. The molecule has 0 aliphatic rings. The van der Waals surface area contributed by atoms with Crippen LogP contribution in [0.5, 0.6) is 0 Å². The molecule has 0 radical (unpaired) electrons. The molecule has 0 aliphatic carbocycles. The topological polar surface area (TPSA) is 185 Å². The lowest BCUT2D eigenvalue weighted by molar-refractivity contribution is -0.119. The second-order valence-electron chi connectivity index (χ2n) is 10.3. The summed E-state index contributed by atoms with van der Waals surface area (Å²) >= 11 is 6.27. The molecular formula is C31H35ClN6O6S. The number of carbonyl (C=O) groups is 2. The van der Waals surface area contributed by atoms with Gasteiger partial charge in [0.25, 0.3) is 5.91 Å². The van der Waals surface area contributed by atoms with E-state index in [2.05, 4.69) is 10.2 Å². The Morgan fingerprint density at radius 1 is 1.04 bits per heavy atom. The summed E-state index contributed by atoms with van der Waals surface area (Å²) in [4.78, 5) is 27.5. The summed E-state index contributed by atoms with van der Waals surface area (Å²) in [6, 6.07) is 17.4. The van der Waals surface area contributed by atoms with Crippen molar-refractivity contribution in [1.82, 2.24) is 14.5 Å². The lowest BCUT2D eigenvalue weighted by atomic mass is 10.0. The zero-order chi connectivity index (χ0) is 32.6. The number of anilines is 2. The van der Waals surface area contributed by atoms with Gasteiger partial charge < -0.3 is 21.3 Å². The van der Waals surface area contributed by atoms with Crippen molar-refractivity contribution in [1.29, 1.82) is 0 Å². The number of sulfonamides is 1. The predicted molar refractivity (Wildman–Crippen MR) is 171 cm³/mol. The van der Waals surface area contributed by atoms with Crippen LogP contribution in [-0.2, 0) is 38.9 Å². The number of methoxy groups -OCH3 is 1. The molecule has 45 heavy (non-hydrogen) atoms. The predicted octanol–water partition coefficient (Wildman–Crippen LogP) is 3.50. The number of carbonyl (C=O) groups excluding carboxylic acids is 2. The number of nitrogen functional groups attached to an aromatic ring is 1. The van der Waals surface area contributed by atoms with Crippen molar-refractivity contribution >= 4 is 45.0 Å². The molecule has 1 heterocycles. The lowest BCUT2D eigenvalue weighted by Gasteiger charge is -2.30. The normalized spacial score (nSPS) is 12.9. The zero-order valence-corrected chi connectivity index (χ0v) is 26.1. The summed E-state index contributed by atoms with van der Waals surface area (Å²) in [5.41, 5.74) is 14.4. The first-order valence-corrected chi connectivity index (χ1v) is 15.8. The van der Waals surface area contributed by atoms with Crippen LogP contribution in [0, 0.1) is 0 Å². The molecule has 3 aromatic carbocycles. The van der Waals surface area contributed by atoms with Crippen molar-refractivity contribution in [3.05, 3.63) is 107 Å². The number of aliphatic hydroxyl groups is 1. The van der Waals surface area contributed by atoms with E-state index in [0.717, 1.165) is 12.0 Å². The van der Waals surface area contributed by atoms with Gasteiger partial charge in [0.15, 0.2) is 0 Å². The Kier molecular flexibility index (Phi) is 11.3. The molecule has 0 saturated heterocycles. The molecule has 4 rings (SSSR count). The van der Waals surface area contributed by atoms with Gasteiger partial charge in [-0.25, -0.2) is 18.1 Å². The number of aryl methyl sites for hydroxylation is 1. The number of rotatable bonds is 13. The van der Waals surface area contributed by atoms with Gasteiger partial charge in [0, 0.05) is 35.1 Å². The van der Waals surface area contributed by atoms with Gasteiger partial charge in [-0.05, 0) is 66.8 Å². The standard InChI is InChI=1S/C31H35ClN6O6S/c1-44-31(41)38(30(40)28(34)16-23-7-2-4-8-27(23)32)29-9-5-3-6-22(29)10-13-25(20-39)37(19-21-17-35-36-18-21)45(42,43)26-14-11-24(33)12-15-26/h2-9,11-12,14-15,17-18,25,28,39H,10,13,16,19-20,33-34H2,1H3,(H,35,36)/t25-,28-/m0/s1. The average molecular weight is 655 g/mol. The van der Waals surface area contributed by atoms with Crippen LogP contribution < -0.4 is 16.4 Å². The summed E-state index contributed by atoms with van der Waals surface area (Å²) in [7, 11) is -2.95. The third-order valence-electron chi connectivity index (χ3n) is 7.27. The molecular weight excluding hydrogens is 620 g/mol. The molecule has 12 nitrogen and oxygen atoms in total. The number of ether oxygens (including phenoxy) is 1. The minimum absolute atomic E-state index is 0.00835. The fourth-order valence-electron chi connectivity index (χ4n) is 4.87. The lowest BCUT2D eigenvalue weighted by Crippen LogP contribution is -2.48. The van der Waals surface area contributed by atoms with Gasteiger partial charge in [-0.15, -0.1) is 0 Å². The van der Waals surface area contributed by atoms with Gasteiger partial charge in [-0.1, -0.05) is 48.0 Å². The molecule has 238 valence electrons. The Morgan fingerprint density at radius 2 is 1.71 bits per heavy atom. The number of imide groups is 1. The maximum Gasteiger partial charge on any atom is 0.420 e. The molecule has 0 saturated carbocycles. The van der Waals surface area contributed by atoms with Gasteiger partial charge in [0.1, 0.15) is 0 Å². The highest BCUT2D eigenvalue weighted by Crippen LogP contribution is 2.28. The largest absolute Gasteiger partial charge is 0.452 e. The third-order valence-corrected chi connectivity index (χ3v) is 9.55. The summed E-state index contributed by atoms with van der Waals surface area (Å²) in [5, 5.41) is 17.5. The van der Waals surface area contributed by atoms with Crippen LogP contribution in [0.3, 0.4) is 0 Å². The number of halogens is 1. The number of aromatic nitrogens is 2. The molecule has 0 unspecified atom stereocenters. The van der Waals surface area contributed by atoms with E-state index in [9.17, 15) is 23.1 Å². The number of H-pyrrole nitrogens is 1. The number of benzene rings is 3. The Balaban J connectivity index is 1.63. The number of amides is 2. The number of aromatic amines is 1. The molecule has 1 aromatic heterocycles. The smallest absolute Gasteiger partial charge is 0.420 e. The van der Waals surface area contributed by atoms with E-state index in [1.54, 1.807) is 54.7 Å². The van der Waals surface area contributed by atoms with E-state index in [-0.39, 0.29) is 36.4 Å². The van der Waals surface area contributed by atoms with E-state index in [0.29, 0.717) is 27.4 Å². The average Bonchev–Trinajstić information content (AvgIpc) is 3.56. The van der Waals surface area contributed by atoms with Crippen LogP contribution in [-0.4, -0.2) is 65.8 Å². The van der Waals surface area contributed by atoms with Crippen LogP contribution in [0.2, 0.25) is 5.02 Å². The second kappa shape index (κ2) is 15.1. The highest BCUT2D eigenvalue weighted by Gasteiger charge is 2.34. The minimum atomic E-state index is -4.10. The second-order valence-corrected chi connectivity index (χ2v) is 12.6.